The summed E-state index contributed by atoms with van der Waals surface area (Å²) in [6.07, 6.45) is 2.47. The van der Waals surface area contributed by atoms with Crippen molar-refractivity contribution in [3.8, 4) is 5.88 Å². The third-order valence-corrected chi connectivity index (χ3v) is 4.53. The van der Waals surface area contributed by atoms with E-state index in [9.17, 15) is 8.42 Å². The van der Waals surface area contributed by atoms with Crippen molar-refractivity contribution in [1.82, 2.24) is 9.71 Å². The van der Waals surface area contributed by atoms with E-state index in [0.29, 0.717) is 5.88 Å². The predicted molar refractivity (Wildman–Crippen MR) is 80.6 cm³/mol. The summed E-state index contributed by atoms with van der Waals surface area (Å²) in [6, 6.07) is 10.3. The number of aromatic nitrogens is 1. The van der Waals surface area contributed by atoms with Crippen LogP contribution in [0.5, 0.6) is 5.88 Å². The van der Waals surface area contributed by atoms with E-state index in [0.717, 1.165) is 17.5 Å². The molecule has 0 bridgehead atoms. The number of nitrogens with one attached hydrogen (secondary N) is 1. The monoisotopic (exact) mass is 306 g/mol. The zero-order valence-corrected chi connectivity index (χ0v) is 12.9. The number of pyridine rings is 1. The van der Waals surface area contributed by atoms with Crippen molar-refractivity contribution in [1.29, 1.82) is 0 Å². The maximum atomic E-state index is 12.2. The van der Waals surface area contributed by atoms with Gasteiger partial charge in [0.25, 0.3) is 0 Å². The molecule has 0 aliphatic carbocycles. The van der Waals surface area contributed by atoms with Crippen molar-refractivity contribution >= 4 is 10.0 Å². The highest BCUT2D eigenvalue weighted by atomic mass is 32.2. The minimum Gasteiger partial charge on any atom is -0.481 e. The number of ether oxygens (including phenoxy) is 1. The molecule has 5 nitrogen and oxygen atoms in total. The van der Waals surface area contributed by atoms with Crippen LogP contribution >= 0.6 is 0 Å². The molecule has 0 saturated carbocycles. The van der Waals surface area contributed by atoms with Gasteiger partial charge in [0, 0.05) is 18.8 Å². The van der Waals surface area contributed by atoms with Crippen molar-refractivity contribution in [2.24, 2.45) is 0 Å². The number of nitrogens with zero attached hydrogens (tertiary/aromatic N) is 1. The second-order valence-corrected chi connectivity index (χ2v) is 6.30. The van der Waals surface area contributed by atoms with Gasteiger partial charge in [-0.2, -0.15) is 0 Å². The maximum Gasteiger partial charge on any atom is 0.240 e. The Hall–Kier alpha value is -1.92. The zero-order chi connectivity index (χ0) is 15.3. The van der Waals surface area contributed by atoms with Gasteiger partial charge in [-0.3, -0.25) is 0 Å². The highest BCUT2D eigenvalue weighted by Crippen LogP contribution is 2.12. The Morgan fingerprint density at radius 3 is 2.29 bits per heavy atom. The molecule has 0 atom stereocenters. The van der Waals surface area contributed by atoms with Crippen LogP contribution in [0.25, 0.3) is 0 Å². The fraction of sp³-hybridized carbons (Fsp3) is 0.267. The van der Waals surface area contributed by atoms with Gasteiger partial charge in [-0.15, -0.1) is 0 Å². The van der Waals surface area contributed by atoms with Crippen molar-refractivity contribution in [2.45, 2.75) is 24.8 Å². The van der Waals surface area contributed by atoms with Crippen LogP contribution in [-0.4, -0.2) is 20.5 Å². The Morgan fingerprint density at radius 1 is 1.10 bits per heavy atom. The van der Waals surface area contributed by atoms with E-state index < -0.39 is 10.0 Å². The predicted octanol–water partition coefficient (Wildman–Crippen LogP) is 2.13. The third-order valence-electron chi connectivity index (χ3n) is 3.11. The minimum absolute atomic E-state index is 0.189. The molecule has 112 valence electrons. The highest BCUT2D eigenvalue weighted by molar-refractivity contribution is 7.89. The molecule has 1 N–H and O–H groups in total. The van der Waals surface area contributed by atoms with Crippen LogP contribution in [-0.2, 0) is 23.0 Å². The van der Waals surface area contributed by atoms with Crippen molar-refractivity contribution < 1.29 is 13.2 Å². The third kappa shape index (κ3) is 4.03. The number of sulfonamides is 1. The van der Waals surface area contributed by atoms with Crippen LogP contribution in [0.2, 0.25) is 0 Å². The first-order valence-corrected chi connectivity index (χ1v) is 8.11. The molecule has 0 radical (unpaired) electrons. The topological polar surface area (TPSA) is 68.3 Å². The molecular formula is C15H18N2O3S. The average Bonchev–Trinajstić information content (AvgIpc) is 2.53. The van der Waals surface area contributed by atoms with Gasteiger partial charge in [-0.1, -0.05) is 25.1 Å². The Bertz CT molecular complexity index is 680. The lowest BCUT2D eigenvalue weighted by atomic mass is 10.2. The summed E-state index contributed by atoms with van der Waals surface area (Å²) in [6.45, 7) is 2.22. The van der Waals surface area contributed by atoms with Crippen LogP contribution < -0.4 is 9.46 Å². The summed E-state index contributed by atoms with van der Waals surface area (Å²) >= 11 is 0. The van der Waals surface area contributed by atoms with Gasteiger partial charge < -0.3 is 4.74 Å². The molecule has 0 spiro atoms. The quantitative estimate of drug-likeness (QED) is 0.887. The Kier molecular flexibility index (Phi) is 4.93. The van der Waals surface area contributed by atoms with Gasteiger partial charge in [0.2, 0.25) is 15.9 Å². The van der Waals surface area contributed by atoms with Crippen LogP contribution in [0, 0.1) is 0 Å². The molecule has 0 aliphatic rings. The standard InChI is InChI=1S/C15H18N2O3S/c1-3-12-4-7-14(8-5-12)21(18,19)17-11-13-6-9-15(20-2)16-10-13/h4-10,17H,3,11H2,1-2H3. The van der Waals surface area contributed by atoms with E-state index in [1.54, 1.807) is 30.5 Å². The minimum atomic E-state index is -3.51. The number of aryl methyl sites for hydroxylation is 1. The molecule has 2 rings (SSSR count). The van der Waals surface area contributed by atoms with Gasteiger partial charge in [0.15, 0.2) is 0 Å². The molecule has 1 aromatic carbocycles. The lowest BCUT2D eigenvalue weighted by Crippen LogP contribution is -2.23. The van der Waals surface area contributed by atoms with E-state index in [4.69, 9.17) is 4.74 Å². The number of methoxy groups -OCH3 is 1. The fourth-order valence-corrected chi connectivity index (χ4v) is 2.82. The zero-order valence-electron chi connectivity index (χ0n) is 12.0. The van der Waals surface area contributed by atoms with Crippen molar-refractivity contribution in [3.05, 3.63) is 53.7 Å². The van der Waals surface area contributed by atoms with Crippen LogP contribution in [0.3, 0.4) is 0 Å². The molecule has 21 heavy (non-hydrogen) atoms. The first-order chi connectivity index (χ1) is 10.0. The normalized spacial score (nSPS) is 11.3. The molecule has 1 heterocycles. The number of rotatable bonds is 6. The summed E-state index contributed by atoms with van der Waals surface area (Å²) in [5.41, 5.74) is 1.87. The van der Waals surface area contributed by atoms with Gasteiger partial charge >= 0.3 is 0 Å². The van der Waals surface area contributed by atoms with Crippen LogP contribution in [0.1, 0.15) is 18.1 Å². The molecule has 0 saturated heterocycles. The Labute approximate surface area is 125 Å². The van der Waals surface area contributed by atoms with Crippen molar-refractivity contribution in [2.75, 3.05) is 7.11 Å². The molecule has 0 amide bonds. The molecule has 0 aliphatic heterocycles. The van der Waals surface area contributed by atoms with Gasteiger partial charge in [-0.05, 0) is 29.7 Å². The SMILES string of the molecule is CCc1ccc(S(=O)(=O)NCc2ccc(OC)nc2)cc1. The summed E-state index contributed by atoms with van der Waals surface area (Å²) in [5.74, 6) is 0.497. The lowest BCUT2D eigenvalue weighted by Gasteiger charge is -2.08. The van der Waals surface area contributed by atoms with Gasteiger partial charge in [-0.25, -0.2) is 18.1 Å². The molecule has 1 aromatic heterocycles. The van der Waals surface area contributed by atoms with Gasteiger partial charge in [0.05, 0.1) is 12.0 Å². The number of hydrogen-bond acceptors (Lipinski definition) is 4. The summed E-state index contributed by atoms with van der Waals surface area (Å²) in [7, 11) is -1.98. The summed E-state index contributed by atoms with van der Waals surface area (Å²) < 4.78 is 31.9. The smallest absolute Gasteiger partial charge is 0.240 e. The van der Waals surface area contributed by atoms with Crippen LogP contribution in [0.15, 0.2) is 47.5 Å². The number of benzene rings is 1. The van der Waals surface area contributed by atoms with Crippen molar-refractivity contribution in [3.63, 3.8) is 0 Å². The van der Waals surface area contributed by atoms with Crippen LogP contribution in [0.4, 0.5) is 0 Å². The Morgan fingerprint density at radius 2 is 1.76 bits per heavy atom. The second kappa shape index (κ2) is 6.69. The average molecular weight is 306 g/mol. The fourth-order valence-electron chi connectivity index (χ4n) is 1.80. The van der Waals surface area contributed by atoms with E-state index in [-0.39, 0.29) is 11.4 Å². The lowest BCUT2D eigenvalue weighted by molar-refractivity contribution is 0.397. The number of hydrogen-bond donors (Lipinski definition) is 1. The maximum absolute atomic E-state index is 12.2. The molecular weight excluding hydrogens is 288 g/mol. The van der Waals surface area contributed by atoms with E-state index in [1.807, 2.05) is 19.1 Å². The Balaban J connectivity index is 2.05. The first-order valence-electron chi connectivity index (χ1n) is 6.62. The van der Waals surface area contributed by atoms with E-state index >= 15 is 0 Å². The van der Waals surface area contributed by atoms with Gasteiger partial charge in [0.1, 0.15) is 0 Å². The molecule has 0 unspecified atom stereocenters. The first kappa shape index (κ1) is 15.5. The highest BCUT2D eigenvalue weighted by Gasteiger charge is 2.13. The second-order valence-electron chi connectivity index (χ2n) is 4.53. The summed E-state index contributed by atoms with van der Waals surface area (Å²) in [5, 5.41) is 0. The molecule has 2 aromatic rings. The summed E-state index contributed by atoms with van der Waals surface area (Å²) in [4.78, 5) is 4.30. The van der Waals surface area contributed by atoms with E-state index in [2.05, 4.69) is 9.71 Å². The van der Waals surface area contributed by atoms with E-state index in [1.165, 1.54) is 7.11 Å². The largest absolute Gasteiger partial charge is 0.481 e. The molecule has 0 fully saturated rings. The molecule has 6 heteroatoms.